The van der Waals surface area contributed by atoms with Crippen LogP contribution in [0.1, 0.15) is 17.3 Å². The lowest BCUT2D eigenvalue weighted by molar-refractivity contribution is -0.139. The Bertz CT molecular complexity index is 509. The van der Waals surface area contributed by atoms with Gasteiger partial charge in [-0.25, -0.2) is 4.79 Å². The third kappa shape index (κ3) is 5.13. The van der Waals surface area contributed by atoms with E-state index >= 15 is 0 Å². The van der Waals surface area contributed by atoms with Crippen molar-refractivity contribution >= 4 is 11.9 Å². The molecule has 0 aliphatic rings. The van der Waals surface area contributed by atoms with Crippen LogP contribution in [0, 0.1) is 0 Å². The minimum atomic E-state index is -4.74. The molecular formula is C13H12F3NO3. The Balaban J connectivity index is 2.93. The molecule has 0 fully saturated rings. The molecule has 0 heterocycles. The van der Waals surface area contributed by atoms with E-state index < -0.39 is 23.7 Å². The SMILES string of the molecule is CCOC(=O)/C(=C/C(F)(F)F)NC(=O)c1ccccc1. The Morgan fingerprint density at radius 1 is 1.25 bits per heavy atom. The predicted molar refractivity (Wildman–Crippen MR) is 64.7 cm³/mol. The van der Waals surface area contributed by atoms with Crippen molar-refractivity contribution in [3.8, 4) is 0 Å². The smallest absolute Gasteiger partial charge is 0.412 e. The van der Waals surface area contributed by atoms with E-state index in [4.69, 9.17) is 0 Å². The molecule has 108 valence electrons. The van der Waals surface area contributed by atoms with Crippen molar-refractivity contribution in [2.24, 2.45) is 0 Å². The van der Waals surface area contributed by atoms with Gasteiger partial charge in [-0.1, -0.05) is 18.2 Å². The van der Waals surface area contributed by atoms with Crippen LogP contribution in [0.15, 0.2) is 42.1 Å². The first-order chi connectivity index (χ1) is 9.33. The van der Waals surface area contributed by atoms with Crippen LogP contribution < -0.4 is 5.32 Å². The van der Waals surface area contributed by atoms with Crippen LogP contribution in [0.25, 0.3) is 0 Å². The number of esters is 1. The molecule has 0 spiro atoms. The van der Waals surface area contributed by atoms with E-state index in [1.807, 2.05) is 5.32 Å². The van der Waals surface area contributed by atoms with E-state index in [0.717, 1.165) is 0 Å². The monoisotopic (exact) mass is 287 g/mol. The van der Waals surface area contributed by atoms with Crippen molar-refractivity contribution in [3.63, 3.8) is 0 Å². The Hall–Kier alpha value is -2.31. The summed E-state index contributed by atoms with van der Waals surface area (Å²) in [5, 5.41) is 1.90. The summed E-state index contributed by atoms with van der Waals surface area (Å²) >= 11 is 0. The van der Waals surface area contributed by atoms with Crippen LogP contribution in [0.2, 0.25) is 0 Å². The van der Waals surface area contributed by atoms with E-state index in [0.29, 0.717) is 0 Å². The second kappa shape index (κ2) is 6.74. The summed E-state index contributed by atoms with van der Waals surface area (Å²) in [5.41, 5.74) is -0.821. The van der Waals surface area contributed by atoms with Gasteiger partial charge in [0, 0.05) is 5.56 Å². The highest BCUT2D eigenvalue weighted by molar-refractivity contribution is 6.01. The van der Waals surface area contributed by atoms with Gasteiger partial charge >= 0.3 is 12.1 Å². The van der Waals surface area contributed by atoms with Crippen molar-refractivity contribution in [3.05, 3.63) is 47.7 Å². The number of alkyl halides is 3. The van der Waals surface area contributed by atoms with E-state index in [2.05, 4.69) is 4.74 Å². The summed E-state index contributed by atoms with van der Waals surface area (Å²) in [4.78, 5) is 23.1. The molecule has 1 amide bonds. The molecule has 1 rings (SSSR count). The van der Waals surface area contributed by atoms with Crippen LogP contribution in [-0.2, 0) is 9.53 Å². The summed E-state index contributed by atoms with van der Waals surface area (Å²) in [6, 6.07) is 7.56. The van der Waals surface area contributed by atoms with Gasteiger partial charge in [0.25, 0.3) is 5.91 Å². The molecule has 0 saturated carbocycles. The van der Waals surface area contributed by atoms with Gasteiger partial charge < -0.3 is 10.1 Å². The number of ether oxygens (including phenoxy) is 1. The first-order valence-corrected chi connectivity index (χ1v) is 5.66. The molecule has 0 radical (unpaired) electrons. The number of halogens is 3. The zero-order valence-electron chi connectivity index (χ0n) is 10.5. The maximum absolute atomic E-state index is 12.3. The number of carbonyl (C=O) groups is 2. The second-order valence-corrected chi connectivity index (χ2v) is 3.64. The molecular weight excluding hydrogens is 275 g/mol. The van der Waals surface area contributed by atoms with Gasteiger partial charge in [0.15, 0.2) is 0 Å². The molecule has 7 heteroatoms. The van der Waals surface area contributed by atoms with Crippen molar-refractivity contribution < 1.29 is 27.5 Å². The van der Waals surface area contributed by atoms with Gasteiger partial charge in [0.1, 0.15) is 5.70 Å². The molecule has 1 aromatic rings. The fraction of sp³-hybridized carbons (Fsp3) is 0.231. The lowest BCUT2D eigenvalue weighted by Crippen LogP contribution is -2.30. The van der Waals surface area contributed by atoms with Crippen LogP contribution in [-0.4, -0.2) is 24.7 Å². The van der Waals surface area contributed by atoms with Crippen LogP contribution in [0.3, 0.4) is 0 Å². The summed E-state index contributed by atoms with van der Waals surface area (Å²) in [5.74, 6) is -2.07. The van der Waals surface area contributed by atoms with Crippen molar-refractivity contribution in [1.29, 1.82) is 0 Å². The predicted octanol–water partition coefficient (Wildman–Crippen LogP) is 2.43. The number of rotatable bonds is 4. The molecule has 20 heavy (non-hydrogen) atoms. The van der Waals surface area contributed by atoms with Crippen LogP contribution in [0.4, 0.5) is 13.2 Å². The lowest BCUT2D eigenvalue weighted by Gasteiger charge is -2.10. The van der Waals surface area contributed by atoms with Gasteiger partial charge in [-0.2, -0.15) is 13.2 Å². The molecule has 1 aromatic carbocycles. The molecule has 0 atom stereocenters. The molecule has 4 nitrogen and oxygen atoms in total. The number of nitrogens with one attached hydrogen (secondary N) is 1. The zero-order valence-corrected chi connectivity index (χ0v) is 10.5. The number of hydrogen-bond donors (Lipinski definition) is 1. The minimum Gasteiger partial charge on any atom is -0.461 e. The van der Waals surface area contributed by atoms with Crippen molar-refractivity contribution in [2.45, 2.75) is 13.1 Å². The molecule has 0 bridgehead atoms. The topological polar surface area (TPSA) is 55.4 Å². The number of hydrogen-bond acceptors (Lipinski definition) is 3. The standard InChI is InChI=1S/C13H12F3NO3/c1-2-20-12(19)10(8-13(14,15)16)17-11(18)9-6-4-3-5-7-9/h3-8H,2H2,1H3,(H,17,18)/b10-8-. The van der Waals surface area contributed by atoms with Crippen molar-refractivity contribution in [2.75, 3.05) is 6.61 Å². The number of carbonyl (C=O) groups excluding carboxylic acids is 2. The highest BCUT2D eigenvalue weighted by atomic mass is 19.4. The van der Waals surface area contributed by atoms with Gasteiger partial charge in [-0.3, -0.25) is 4.79 Å². The van der Waals surface area contributed by atoms with E-state index in [-0.39, 0.29) is 18.2 Å². The second-order valence-electron chi connectivity index (χ2n) is 3.64. The molecule has 0 aromatic heterocycles. The van der Waals surface area contributed by atoms with Crippen LogP contribution >= 0.6 is 0 Å². The normalized spacial score (nSPS) is 11.9. The van der Waals surface area contributed by atoms with Gasteiger partial charge in [0.05, 0.1) is 12.7 Å². The summed E-state index contributed by atoms with van der Waals surface area (Å²) in [6.45, 7) is 1.34. The fourth-order valence-electron chi connectivity index (χ4n) is 1.30. The van der Waals surface area contributed by atoms with Gasteiger partial charge in [0.2, 0.25) is 0 Å². The first-order valence-electron chi connectivity index (χ1n) is 5.66. The van der Waals surface area contributed by atoms with Gasteiger partial charge in [-0.05, 0) is 19.1 Å². The largest absolute Gasteiger partial charge is 0.461 e. The molecule has 0 saturated heterocycles. The Labute approximate surface area is 113 Å². The number of allylic oxidation sites excluding steroid dienone is 1. The highest BCUT2D eigenvalue weighted by Gasteiger charge is 2.28. The number of amides is 1. The Morgan fingerprint density at radius 3 is 2.35 bits per heavy atom. The van der Waals surface area contributed by atoms with Gasteiger partial charge in [-0.15, -0.1) is 0 Å². The minimum absolute atomic E-state index is 0.102. The quantitative estimate of drug-likeness (QED) is 0.683. The maximum atomic E-state index is 12.3. The average molecular weight is 287 g/mol. The summed E-state index contributed by atoms with van der Waals surface area (Å²) in [7, 11) is 0. The summed E-state index contributed by atoms with van der Waals surface area (Å²) in [6.07, 6.45) is -5.04. The highest BCUT2D eigenvalue weighted by Crippen LogP contribution is 2.18. The van der Waals surface area contributed by atoms with E-state index in [1.54, 1.807) is 18.2 Å². The molecule has 0 aliphatic heterocycles. The lowest BCUT2D eigenvalue weighted by atomic mass is 10.2. The maximum Gasteiger partial charge on any atom is 0.412 e. The van der Waals surface area contributed by atoms with E-state index in [1.165, 1.54) is 19.1 Å². The summed E-state index contributed by atoms with van der Waals surface area (Å²) < 4.78 is 41.4. The number of benzene rings is 1. The fourth-order valence-corrected chi connectivity index (χ4v) is 1.30. The third-order valence-corrected chi connectivity index (χ3v) is 2.09. The molecule has 0 unspecified atom stereocenters. The molecule has 1 N–H and O–H groups in total. The Morgan fingerprint density at radius 2 is 1.85 bits per heavy atom. The zero-order chi connectivity index (χ0) is 15.2. The van der Waals surface area contributed by atoms with Crippen LogP contribution in [0.5, 0.6) is 0 Å². The van der Waals surface area contributed by atoms with Crippen molar-refractivity contribution in [1.82, 2.24) is 5.32 Å². The Kier molecular flexibility index (Phi) is 5.31. The average Bonchev–Trinajstić information content (AvgIpc) is 2.37. The van der Waals surface area contributed by atoms with E-state index in [9.17, 15) is 22.8 Å². The first kappa shape index (κ1) is 15.7. The third-order valence-electron chi connectivity index (χ3n) is 2.09. The molecule has 0 aliphatic carbocycles.